The summed E-state index contributed by atoms with van der Waals surface area (Å²) in [7, 11) is 0. The Labute approximate surface area is 167 Å². The number of esters is 2. The zero-order chi connectivity index (χ0) is 20.0. The van der Waals surface area contributed by atoms with Gasteiger partial charge in [-0.2, -0.15) is 0 Å². The fourth-order valence-corrected chi connectivity index (χ4v) is 3.02. The molecule has 0 amide bonds. The Kier molecular flexibility index (Phi) is 20.4. The van der Waals surface area contributed by atoms with Crippen molar-refractivity contribution in [1.82, 2.24) is 0 Å². The van der Waals surface area contributed by atoms with Crippen molar-refractivity contribution in [1.29, 1.82) is 0 Å². The Morgan fingerprint density at radius 2 is 0.778 bits per heavy atom. The molecule has 0 aliphatic carbocycles. The molecule has 0 aromatic carbocycles. The number of rotatable bonds is 20. The van der Waals surface area contributed by atoms with Crippen molar-refractivity contribution < 1.29 is 19.1 Å². The Balaban J connectivity index is 3.31. The van der Waals surface area contributed by atoms with Gasteiger partial charge in [0, 0.05) is 0 Å². The summed E-state index contributed by atoms with van der Waals surface area (Å²) in [5.74, 6) is -0.574. The van der Waals surface area contributed by atoms with Crippen LogP contribution in [0.2, 0.25) is 0 Å². The number of carbonyl (C=O) groups is 2. The minimum Gasteiger partial charge on any atom is -0.466 e. The molecule has 0 aromatic rings. The van der Waals surface area contributed by atoms with Gasteiger partial charge in [0.25, 0.3) is 0 Å². The Bertz CT molecular complexity index is 341. The van der Waals surface area contributed by atoms with E-state index in [2.05, 4.69) is 13.8 Å². The van der Waals surface area contributed by atoms with Crippen LogP contribution in [0.15, 0.2) is 0 Å². The van der Waals surface area contributed by atoms with E-state index >= 15 is 0 Å². The lowest BCUT2D eigenvalue weighted by Gasteiger charge is -2.06. The molecule has 160 valence electrons. The minimum atomic E-state index is -0.288. The third kappa shape index (κ3) is 21.1. The molecule has 0 N–H and O–H groups in total. The highest BCUT2D eigenvalue weighted by Crippen LogP contribution is 2.10. The first-order chi connectivity index (χ1) is 13.2. The molecule has 0 radical (unpaired) electrons. The van der Waals surface area contributed by atoms with E-state index in [1.807, 2.05) is 0 Å². The molecular weight excluding hydrogens is 340 g/mol. The molecular formula is C23H44O4. The highest BCUT2D eigenvalue weighted by molar-refractivity contribution is 5.77. The number of unbranched alkanes of at least 4 members (excludes halogenated alkanes) is 13. The predicted molar refractivity (Wildman–Crippen MR) is 112 cm³/mol. The summed E-state index contributed by atoms with van der Waals surface area (Å²) >= 11 is 0. The average molecular weight is 385 g/mol. The summed E-state index contributed by atoms with van der Waals surface area (Å²) in [4.78, 5) is 23.2. The highest BCUT2D eigenvalue weighted by atomic mass is 16.5. The fraction of sp³-hybridized carbons (Fsp3) is 0.913. The molecule has 0 aliphatic rings. The van der Waals surface area contributed by atoms with Crippen LogP contribution < -0.4 is 0 Å². The van der Waals surface area contributed by atoms with E-state index in [9.17, 15) is 9.59 Å². The molecule has 0 unspecified atom stereocenters. The van der Waals surface area contributed by atoms with Crippen LogP contribution in [0.25, 0.3) is 0 Å². The molecule has 0 saturated carbocycles. The largest absolute Gasteiger partial charge is 0.466 e. The Hall–Kier alpha value is -1.06. The van der Waals surface area contributed by atoms with Gasteiger partial charge < -0.3 is 9.47 Å². The van der Waals surface area contributed by atoms with Gasteiger partial charge in [-0.25, -0.2) is 0 Å². The van der Waals surface area contributed by atoms with Crippen molar-refractivity contribution >= 4 is 11.9 Å². The summed E-state index contributed by atoms with van der Waals surface area (Å²) in [6.07, 6.45) is 18.5. The number of ether oxygens (including phenoxy) is 2. The second kappa shape index (κ2) is 21.2. The third-order valence-electron chi connectivity index (χ3n) is 4.81. The number of hydrogen-bond donors (Lipinski definition) is 0. The molecule has 0 bridgehead atoms. The zero-order valence-corrected chi connectivity index (χ0v) is 18.1. The van der Waals surface area contributed by atoms with Crippen molar-refractivity contribution in [3.8, 4) is 0 Å². The van der Waals surface area contributed by atoms with Crippen LogP contribution in [0.1, 0.15) is 123 Å². The molecule has 4 nitrogen and oxygen atoms in total. The van der Waals surface area contributed by atoms with Crippen molar-refractivity contribution in [2.75, 3.05) is 13.2 Å². The van der Waals surface area contributed by atoms with Crippen molar-refractivity contribution in [2.45, 2.75) is 123 Å². The van der Waals surface area contributed by atoms with E-state index in [-0.39, 0.29) is 24.8 Å². The highest BCUT2D eigenvalue weighted by Gasteiger charge is 2.09. The molecule has 0 spiro atoms. The summed E-state index contributed by atoms with van der Waals surface area (Å²) < 4.78 is 10.3. The van der Waals surface area contributed by atoms with Gasteiger partial charge in [-0.15, -0.1) is 0 Å². The van der Waals surface area contributed by atoms with Crippen molar-refractivity contribution in [3.63, 3.8) is 0 Å². The molecule has 0 heterocycles. The van der Waals surface area contributed by atoms with E-state index < -0.39 is 0 Å². The van der Waals surface area contributed by atoms with Gasteiger partial charge in [-0.3, -0.25) is 9.59 Å². The molecule has 0 fully saturated rings. The fourth-order valence-electron chi connectivity index (χ4n) is 3.02. The average Bonchev–Trinajstić information content (AvgIpc) is 2.67. The van der Waals surface area contributed by atoms with E-state index in [4.69, 9.17) is 9.47 Å². The smallest absolute Gasteiger partial charge is 0.306 e. The summed E-state index contributed by atoms with van der Waals surface area (Å²) in [5, 5.41) is 0. The maximum absolute atomic E-state index is 11.6. The standard InChI is InChI=1S/C23H44O4/c1-3-5-7-9-11-12-13-15-17-21-27-23(25)19-18-22(24)26-20-16-14-10-8-6-4-2/h3-21H2,1-2H3. The molecule has 27 heavy (non-hydrogen) atoms. The van der Waals surface area contributed by atoms with E-state index in [1.165, 1.54) is 70.6 Å². The van der Waals surface area contributed by atoms with Crippen LogP contribution in [0, 0.1) is 0 Å². The van der Waals surface area contributed by atoms with Crippen LogP contribution >= 0.6 is 0 Å². The third-order valence-corrected chi connectivity index (χ3v) is 4.81. The normalized spacial score (nSPS) is 10.7. The van der Waals surface area contributed by atoms with Crippen molar-refractivity contribution in [3.05, 3.63) is 0 Å². The van der Waals surface area contributed by atoms with Gasteiger partial charge in [0.15, 0.2) is 0 Å². The molecule has 0 atom stereocenters. The molecule has 0 saturated heterocycles. The van der Waals surface area contributed by atoms with Crippen LogP contribution in [0.4, 0.5) is 0 Å². The number of carbonyl (C=O) groups excluding carboxylic acids is 2. The molecule has 0 aromatic heterocycles. The summed E-state index contributed by atoms with van der Waals surface area (Å²) in [5.41, 5.74) is 0. The van der Waals surface area contributed by atoms with E-state index in [0.29, 0.717) is 13.2 Å². The first kappa shape index (κ1) is 25.9. The monoisotopic (exact) mass is 384 g/mol. The van der Waals surface area contributed by atoms with E-state index in [1.54, 1.807) is 0 Å². The van der Waals surface area contributed by atoms with Gasteiger partial charge in [0.05, 0.1) is 26.1 Å². The maximum Gasteiger partial charge on any atom is 0.306 e. The minimum absolute atomic E-state index is 0.131. The van der Waals surface area contributed by atoms with Crippen molar-refractivity contribution in [2.24, 2.45) is 0 Å². The summed E-state index contributed by atoms with van der Waals surface area (Å²) in [6, 6.07) is 0. The lowest BCUT2D eigenvalue weighted by Crippen LogP contribution is -2.11. The SMILES string of the molecule is CCCCCCCCCCCOC(=O)CCC(=O)OCCCCCCCC. The van der Waals surface area contributed by atoms with Crippen LogP contribution in [-0.4, -0.2) is 25.2 Å². The maximum atomic E-state index is 11.6. The van der Waals surface area contributed by atoms with Gasteiger partial charge in [0.2, 0.25) is 0 Å². The first-order valence-corrected chi connectivity index (χ1v) is 11.5. The van der Waals surface area contributed by atoms with Gasteiger partial charge >= 0.3 is 11.9 Å². The first-order valence-electron chi connectivity index (χ1n) is 11.5. The van der Waals surface area contributed by atoms with Gasteiger partial charge in [0.1, 0.15) is 0 Å². The van der Waals surface area contributed by atoms with E-state index in [0.717, 1.165) is 25.7 Å². The Morgan fingerprint density at radius 3 is 1.11 bits per heavy atom. The zero-order valence-electron chi connectivity index (χ0n) is 18.1. The second-order valence-electron chi connectivity index (χ2n) is 7.54. The molecule has 4 heteroatoms. The van der Waals surface area contributed by atoms with Crippen LogP contribution in [0.5, 0.6) is 0 Å². The van der Waals surface area contributed by atoms with Gasteiger partial charge in [-0.1, -0.05) is 97.3 Å². The second-order valence-corrected chi connectivity index (χ2v) is 7.54. The van der Waals surface area contributed by atoms with Crippen LogP contribution in [-0.2, 0) is 19.1 Å². The quantitative estimate of drug-likeness (QED) is 0.172. The number of hydrogen-bond acceptors (Lipinski definition) is 4. The molecule has 0 rings (SSSR count). The lowest BCUT2D eigenvalue weighted by atomic mass is 10.1. The predicted octanol–water partition coefficient (Wildman–Crippen LogP) is 6.74. The summed E-state index contributed by atoms with van der Waals surface area (Å²) in [6.45, 7) is 5.38. The van der Waals surface area contributed by atoms with Gasteiger partial charge in [-0.05, 0) is 12.8 Å². The van der Waals surface area contributed by atoms with Crippen LogP contribution in [0.3, 0.4) is 0 Å². The Morgan fingerprint density at radius 1 is 0.481 bits per heavy atom. The molecule has 0 aliphatic heterocycles. The lowest BCUT2D eigenvalue weighted by molar-refractivity contribution is -0.150. The topological polar surface area (TPSA) is 52.6 Å².